The molecule has 0 saturated heterocycles. The van der Waals surface area contributed by atoms with Crippen LogP contribution in [0, 0.1) is 0 Å². The molecule has 0 spiro atoms. The molecule has 0 saturated carbocycles. The molecule has 72 valence electrons. The van der Waals surface area contributed by atoms with Crippen molar-refractivity contribution in [3.05, 3.63) is 30.1 Å². The Balaban J connectivity index is 2.48. The maximum absolute atomic E-state index is 10.7. The number of aromatic amines is 1. The predicted molar refractivity (Wildman–Crippen MR) is 52.1 cm³/mol. The molecule has 4 heteroatoms. The van der Waals surface area contributed by atoms with E-state index in [1.54, 1.807) is 19.3 Å². The molecular weight excluding hydrogens is 180 g/mol. The summed E-state index contributed by atoms with van der Waals surface area (Å²) in [6.45, 7) is 1.65. The maximum atomic E-state index is 10.7. The van der Waals surface area contributed by atoms with Crippen molar-refractivity contribution in [2.75, 3.05) is 0 Å². The number of carbonyl (C=O) groups is 1. The molecule has 0 bridgehead atoms. The molecule has 0 aromatic carbocycles. The standard InChI is InChI=1S/C10H10N2O2/c1-6(10(13)14)7-4-9-8(12-5-7)2-3-11-9/h2-6,11H,1H3,(H,13,14). The Morgan fingerprint density at radius 1 is 1.64 bits per heavy atom. The summed E-state index contributed by atoms with van der Waals surface area (Å²) < 4.78 is 0. The van der Waals surface area contributed by atoms with Gasteiger partial charge in [-0.25, -0.2) is 0 Å². The topological polar surface area (TPSA) is 66.0 Å². The predicted octanol–water partition coefficient (Wildman–Crippen LogP) is 1.75. The second-order valence-electron chi connectivity index (χ2n) is 3.24. The number of nitrogens with one attached hydrogen (secondary N) is 1. The first kappa shape index (κ1) is 8.74. The van der Waals surface area contributed by atoms with Crippen molar-refractivity contribution < 1.29 is 9.90 Å². The molecule has 0 radical (unpaired) electrons. The molecule has 0 aliphatic heterocycles. The van der Waals surface area contributed by atoms with E-state index in [-0.39, 0.29) is 0 Å². The molecule has 1 atom stereocenters. The van der Waals surface area contributed by atoms with Crippen LogP contribution in [0.15, 0.2) is 24.5 Å². The smallest absolute Gasteiger partial charge is 0.310 e. The summed E-state index contributed by atoms with van der Waals surface area (Å²) in [4.78, 5) is 17.9. The van der Waals surface area contributed by atoms with Crippen molar-refractivity contribution in [2.24, 2.45) is 0 Å². The Labute approximate surface area is 80.6 Å². The summed E-state index contributed by atoms with van der Waals surface area (Å²) in [5, 5.41) is 8.82. The highest BCUT2D eigenvalue weighted by molar-refractivity contribution is 5.79. The number of H-pyrrole nitrogens is 1. The van der Waals surface area contributed by atoms with E-state index in [0.717, 1.165) is 11.0 Å². The quantitative estimate of drug-likeness (QED) is 0.758. The van der Waals surface area contributed by atoms with E-state index in [0.29, 0.717) is 5.56 Å². The van der Waals surface area contributed by atoms with Crippen molar-refractivity contribution in [3.8, 4) is 0 Å². The Hall–Kier alpha value is -1.84. The van der Waals surface area contributed by atoms with Crippen molar-refractivity contribution in [1.82, 2.24) is 9.97 Å². The van der Waals surface area contributed by atoms with E-state index in [1.165, 1.54) is 0 Å². The van der Waals surface area contributed by atoms with Crippen LogP contribution in [0.1, 0.15) is 18.4 Å². The van der Waals surface area contributed by atoms with Crippen LogP contribution in [0.5, 0.6) is 0 Å². The monoisotopic (exact) mass is 190 g/mol. The molecule has 0 aliphatic rings. The first-order valence-corrected chi connectivity index (χ1v) is 4.34. The van der Waals surface area contributed by atoms with Gasteiger partial charge in [-0.2, -0.15) is 0 Å². The molecule has 0 aliphatic carbocycles. The van der Waals surface area contributed by atoms with Gasteiger partial charge in [0.15, 0.2) is 0 Å². The number of pyridine rings is 1. The van der Waals surface area contributed by atoms with Crippen LogP contribution in [0.4, 0.5) is 0 Å². The first-order chi connectivity index (χ1) is 6.68. The number of hydrogen-bond acceptors (Lipinski definition) is 2. The van der Waals surface area contributed by atoms with Gasteiger partial charge in [-0.15, -0.1) is 0 Å². The number of hydrogen-bond donors (Lipinski definition) is 2. The lowest BCUT2D eigenvalue weighted by Gasteiger charge is -2.05. The van der Waals surface area contributed by atoms with Crippen LogP contribution < -0.4 is 0 Å². The number of rotatable bonds is 2. The molecule has 4 nitrogen and oxygen atoms in total. The van der Waals surface area contributed by atoms with Gasteiger partial charge in [-0.05, 0) is 24.6 Å². The summed E-state index contributed by atoms with van der Waals surface area (Å²) in [5.41, 5.74) is 2.44. The normalized spacial score (nSPS) is 12.9. The SMILES string of the molecule is CC(C(=O)O)c1cnc2cc[nH]c2c1. The van der Waals surface area contributed by atoms with Gasteiger partial charge in [0.25, 0.3) is 0 Å². The molecule has 0 fully saturated rings. The van der Waals surface area contributed by atoms with E-state index >= 15 is 0 Å². The third kappa shape index (κ3) is 1.35. The summed E-state index contributed by atoms with van der Waals surface area (Å²) in [6, 6.07) is 3.67. The Kier molecular flexibility index (Phi) is 1.96. The van der Waals surface area contributed by atoms with Gasteiger partial charge >= 0.3 is 5.97 Å². The molecule has 2 rings (SSSR count). The van der Waals surface area contributed by atoms with Crippen LogP contribution in [-0.4, -0.2) is 21.0 Å². The first-order valence-electron chi connectivity index (χ1n) is 4.34. The van der Waals surface area contributed by atoms with E-state index in [2.05, 4.69) is 9.97 Å². The zero-order valence-electron chi connectivity index (χ0n) is 7.69. The highest BCUT2D eigenvalue weighted by Gasteiger charge is 2.14. The lowest BCUT2D eigenvalue weighted by molar-refractivity contribution is -0.138. The summed E-state index contributed by atoms with van der Waals surface area (Å²) in [6.07, 6.45) is 3.39. The lowest BCUT2D eigenvalue weighted by Crippen LogP contribution is -2.07. The minimum atomic E-state index is -0.835. The Bertz CT molecular complexity index is 476. The van der Waals surface area contributed by atoms with E-state index in [1.807, 2.05) is 12.1 Å². The zero-order valence-corrected chi connectivity index (χ0v) is 7.69. The van der Waals surface area contributed by atoms with Gasteiger partial charge in [-0.3, -0.25) is 9.78 Å². The van der Waals surface area contributed by atoms with Gasteiger partial charge < -0.3 is 10.1 Å². The number of aliphatic carboxylic acids is 1. The minimum Gasteiger partial charge on any atom is -0.481 e. The highest BCUT2D eigenvalue weighted by Crippen LogP contribution is 2.18. The number of carboxylic acids is 1. The number of carboxylic acid groups (broad SMARTS) is 1. The largest absolute Gasteiger partial charge is 0.481 e. The fourth-order valence-electron chi connectivity index (χ4n) is 1.33. The average Bonchev–Trinajstić information content (AvgIpc) is 2.62. The molecule has 2 aromatic rings. The Morgan fingerprint density at radius 2 is 2.43 bits per heavy atom. The summed E-state index contributed by atoms with van der Waals surface area (Å²) >= 11 is 0. The van der Waals surface area contributed by atoms with Crippen LogP contribution >= 0.6 is 0 Å². The third-order valence-electron chi connectivity index (χ3n) is 2.29. The fourth-order valence-corrected chi connectivity index (χ4v) is 1.33. The van der Waals surface area contributed by atoms with Crippen molar-refractivity contribution >= 4 is 17.0 Å². The maximum Gasteiger partial charge on any atom is 0.310 e. The summed E-state index contributed by atoms with van der Waals surface area (Å²) in [7, 11) is 0. The van der Waals surface area contributed by atoms with Gasteiger partial charge in [0.2, 0.25) is 0 Å². The molecule has 2 heterocycles. The molecule has 1 unspecified atom stereocenters. The zero-order chi connectivity index (χ0) is 10.1. The number of nitrogens with zero attached hydrogens (tertiary/aromatic N) is 1. The van der Waals surface area contributed by atoms with Crippen LogP contribution in [0.3, 0.4) is 0 Å². The van der Waals surface area contributed by atoms with E-state index < -0.39 is 11.9 Å². The van der Waals surface area contributed by atoms with Crippen LogP contribution in [0.2, 0.25) is 0 Å². The van der Waals surface area contributed by atoms with Crippen molar-refractivity contribution in [1.29, 1.82) is 0 Å². The molecule has 2 aromatic heterocycles. The highest BCUT2D eigenvalue weighted by atomic mass is 16.4. The summed E-state index contributed by atoms with van der Waals surface area (Å²) in [5.74, 6) is -1.35. The van der Waals surface area contributed by atoms with E-state index in [4.69, 9.17) is 5.11 Å². The molecule has 0 amide bonds. The molecule has 2 N–H and O–H groups in total. The second-order valence-corrected chi connectivity index (χ2v) is 3.24. The Morgan fingerprint density at radius 3 is 3.14 bits per heavy atom. The lowest BCUT2D eigenvalue weighted by atomic mass is 10.0. The van der Waals surface area contributed by atoms with Gasteiger partial charge in [0.1, 0.15) is 0 Å². The van der Waals surface area contributed by atoms with Gasteiger partial charge in [0.05, 0.1) is 17.0 Å². The van der Waals surface area contributed by atoms with Crippen molar-refractivity contribution in [2.45, 2.75) is 12.8 Å². The van der Waals surface area contributed by atoms with Crippen molar-refractivity contribution in [3.63, 3.8) is 0 Å². The number of fused-ring (bicyclic) bond motifs is 1. The van der Waals surface area contributed by atoms with Crippen LogP contribution in [0.25, 0.3) is 11.0 Å². The minimum absolute atomic E-state index is 0.518. The van der Waals surface area contributed by atoms with Gasteiger partial charge in [-0.1, -0.05) is 0 Å². The van der Waals surface area contributed by atoms with Gasteiger partial charge in [0, 0.05) is 12.4 Å². The van der Waals surface area contributed by atoms with E-state index in [9.17, 15) is 4.79 Å². The third-order valence-corrected chi connectivity index (χ3v) is 2.29. The average molecular weight is 190 g/mol. The fraction of sp³-hybridized carbons (Fsp3) is 0.200. The second kappa shape index (κ2) is 3.14. The number of aromatic nitrogens is 2. The molecular formula is C10H10N2O2. The van der Waals surface area contributed by atoms with Crippen LogP contribution in [-0.2, 0) is 4.79 Å². The molecule has 14 heavy (non-hydrogen) atoms.